The lowest BCUT2D eigenvalue weighted by Crippen LogP contribution is -2.06. The number of benzene rings is 2. The van der Waals surface area contributed by atoms with Crippen LogP contribution in [0.5, 0.6) is 5.75 Å². The fraction of sp³-hybridized carbons (Fsp3) is 0.238. The van der Waals surface area contributed by atoms with Crippen LogP contribution in [0.25, 0.3) is 6.08 Å². The van der Waals surface area contributed by atoms with Crippen molar-refractivity contribution in [1.29, 1.82) is 5.26 Å². The van der Waals surface area contributed by atoms with E-state index in [0.717, 1.165) is 22.3 Å². The Morgan fingerprint density at radius 3 is 2.50 bits per heavy atom. The van der Waals surface area contributed by atoms with Crippen molar-refractivity contribution in [2.24, 2.45) is 0 Å². The molecule has 2 aromatic rings. The molecule has 5 heteroatoms. The second-order valence-electron chi connectivity index (χ2n) is 5.77. The van der Waals surface area contributed by atoms with Crippen LogP contribution in [0.15, 0.2) is 42.0 Å². The van der Waals surface area contributed by atoms with Crippen molar-refractivity contribution in [3.05, 3.63) is 70.0 Å². The molecule has 0 amide bonds. The molecule has 4 nitrogen and oxygen atoms in total. The Labute approximate surface area is 152 Å². The third-order valence-electron chi connectivity index (χ3n) is 3.85. The molecule has 0 aromatic heterocycles. The van der Waals surface area contributed by atoms with Gasteiger partial charge in [0.1, 0.15) is 29.8 Å². The van der Waals surface area contributed by atoms with E-state index in [1.54, 1.807) is 19.1 Å². The van der Waals surface area contributed by atoms with Crippen LogP contribution in [-0.4, -0.2) is 12.6 Å². The van der Waals surface area contributed by atoms with E-state index < -0.39 is 5.97 Å². The van der Waals surface area contributed by atoms with Crippen molar-refractivity contribution in [3.8, 4) is 11.8 Å². The van der Waals surface area contributed by atoms with Gasteiger partial charge in [0.2, 0.25) is 0 Å². The summed E-state index contributed by atoms with van der Waals surface area (Å²) in [5.74, 6) is -0.397. The number of halogens is 1. The minimum absolute atomic E-state index is 0.0517. The van der Waals surface area contributed by atoms with Gasteiger partial charge in [-0.15, -0.1) is 0 Å². The van der Waals surface area contributed by atoms with Gasteiger partial charge in [0, 0.05) is 0 Å². The number of rotatable bonds is 6. The lowest BCUT2D eigenvalue weighted by molar-refractivity contribution is -0.137. The van der Waals surface area contributed by atoms with E-state index in [9.17, 15) is 14.4 Å². The second-order valence-corrected chi connectivity index (χ2v) is 5.77. The van der Waals surface area contributed by atoms with Crippen LogP contribution < -0.4 is 4.74 Å². The van der Waals surface area contributed by atoms with Gasteiger partial charge in [-0.25, -0.2) is 9.18 Å². The van der Waals surface area contributed by atoms with Crippen molar-refractivity contribution in [3.63, 3.8) is 0 Å². The minimum atomic E-state index is -0.640. The molecule has 134 valence electrons. The smallest absolute Gasteiger partial charge is 0.348 e. The first kappa shape index (κ1) is 19.2. The molecule has 0 spiro atoms. The van der Waals surface area contributed by atoms with Crippen LogP contribution >= 0.6 is 0 Å². The summed E-state index contributed by atoms with van der Waals surface area (Å²) in [5, 5.41) is 9.20. The monoisotopic (exact) mass is 353 g/mol. The SMILES string of the molecule is CCOC(=O)C(C#N)=Cc1cc(COc2ccc(F)cc2)c(C)cc1C. The number of hydrogen-bond acceptors (Lipinski definition) is 4. The maximum absolute atomic E-state index is 13.0. The quantitative estimate of drug-likeness (QED) is 0.436. The number of hydrogen-bond donors (Lipinski definition) is 0. The van der Waals surface area contributed by atoms with Crippen molar-refractivity contribution in [2.75, 3.05) is 6.61 Å². The molecule has 0 aliphatic heterocycles. The van der Waals surface area contributed by atoms with E-state index in [-0.39, 0.29) is 18.0 Å². The fourth-order valence-corrected chi connectivity index (χ4v) is 2.42. The summed E-state index contributed by atoms with van der Waals surface area (Å²) in [6.07, 6.45) is 1.52. The largest absolute Gasteiger partial charge is 0.489 e. The molecule has 0 bridgehead atoms. The van der Waals surface area contributed by atoms with Crippen molar-refractivity contribution >= 4 is 12.0 Å². The summed E-state index contributed by atoms with van der Waals surface area (Å²) in [6.45, 7) is 6.06. The Balaban J connectivity index is 2.26. The van der Waals surface area contributed by atoms with E-state index in [0.29, 0.717) is 12.4 Å². The van der Waals surface area contributed by atoms with Crippen molar-refractivity contribution in [1.82, 2.24) is 0 Å². The van der Waals surface area contributed by atoms with Gasteiger partial charge < -0.3 is 9.47 Å². The fourth-order valence-electron chi connectivity index (χ4n) is 2.42. The van der Waals surface area contributed by atoms with E-state index in [4.69, 9.17) is 9.47 Å². The van der Waals surface area contributed by atoms with E-state index in [1.807, 2.05) is 32.0 Å². The molecule has 0 aliphatic rings. The summed E-state index contributed by atoms with van der Waals surface area (Å²) in [4.78, 5) is 11.8. The highest BCUT2D eigenvalue weighted by Gasteiger charge is 2.12. The predicted molar refractivity (Wildman–Crippen MR) is 96.9 cm³/mol. The highest BCUT2D eigenvalue weighted by Crippen LogP contribution is 2.21. The van der Waals surface area contributed by atoms with Gasteiger partial charge in [0.25, 0.3) is 0 Å². The lowest BCUT2D eigenvalue weighted by Gasteiger charge is -2.12. The van der Waals surface area contributed by atoms with Crippen LogP contribution in [0.3, 0.4) is 0 Å². The average molecular weight is 353 g/mol. The molecule has 2 aromatic carbocycles. The maximum Gasteiger partial charge on any atom is 0.348 e. The average Bonchev–Trinajstić information content (AvgIpc) is 2.61. The standard InChI is InChI=1S/C21H20FNO3/c1-4-25-21(24)17(12-23)10-16-11-18(15(3)9-14(16)2)13-26-20-7-5-19(22)6-8-20/h5-11H,4,13H2,1-3H3. The first-order valence-corrected chi connectivity index (χ1v) is 8.22. The Kier molecular flexibility index (Phi) is 6.51. The molecule has 0 radical (unpaired) electrons. The Morgan fingerprint density at radius 2 is 1.88 bits per heavy atom. The van der Waals surface area contributed by atoms with E-state index in [2.05, 4.69) is 0 Å². The molecule has 0 heterocycles. The molecular weight excluding hydrogens is 333 g/mol. The van der Waals surface area contributed by atoms with Gasteiger partial charge in [-0.05, 0) is 79.4 Å². The minimum Gasteiger partial charge on any atom is -0.489 e. The molecule has 0 aliphatic carbocycles. The number of esters is 1. The normalized spacial score (nSPS) is 11.0. The topological polar surface area (TPSA) is 59.3 Å². The zero-order valence-electron chi connectivity index (χ0n) is 15.0. The molecule has 2 rings (SSSR count). The zero-order chi connectivity index (χ0) is 19.1. The molecule has 0 fully saturated rings. The van der Waals surface area contributed by atoms with E-state index in [1.165, 1.54) is 18.2 Å². The van der Waals surface area contributed by atoms with E-state index >= 15 is 0 Å². The van der Waals surface area contributed by atoms with Gasteiger partial charge >= 0.3 is 5.97 Å². The highest BCUT2D eigenvalue weighted by atomic mass is 19.1. The number of nitrogens with zero attached hydrogens (tertiary/aromatic N) is 1. The number of nitriles is 1. The van der Waals surface area contributed by atoms with Crippen LogP contribution in [0.4, 0.5) is 4.39 Å². The molecule has 0 unspecified atom stereocenters. The number of carbonyl (C=O) groups excluding carboxylic acids is 1. The van der Waals surface area contributed by atoms with Crippen molar-refractivity contribution in [2.45, 2.75) is 27.4 Å². The maximum atomic E-state index is 13.0. The van der Waals surface area contributed by atoms with Crippen LogP contribution in [0.2, 0.25) is 0 Å². The summed E-state index contributed by atoms with van der Waals surface area (Å²) in [6, 6.07) is 11.5. The summed E-state index contributed by atoms with van der Waals surface area (Å²) < 4.78 is 23.5. The van der Waals surface area contributed by atoms with Crippen LogP contribution in [0, 0.1) is 31.0 Å². The lowest BCUT2D eigenvalue weighted by atomic mass is 9.98. The summed E-state index contributed by atoms with van der Waals surface area (Å²) >= 11 is 0. The zero-order valence-corrected chi connectivity index (χ0v) is 15.0. The number of aryl methyl sites for hydroxylation is 2. The number of carbonyl (C=O) groups is 1. The molecule has 0 N–H and O–H groups in total. The first-order valence-electron chi connectivity index (χ1n) is 8.22. The van der Waals surface area contributed by atoms with Crippen LogP contribution in [0.1, 0.15) is 29.2 Å². The predicted octanol–water partition coefficient (Wildman–Crippen LogP) is 4.49. The molecule has 26 heavy (non-hydrogen) atoms. The van der Waals surface area contributed by atoms with Gasteiger partial charge in [0.05, 0.1) is 6.61 Å². The van der Waals surface area contributed by atoms with Gasteiger partial charge in [-0.1, -0.05) is 6.07 Å². The highest BCUT2D eigenvalue weighted by molar-refractivity contribution is 5.98. The Morgan fingerprint density at radius 1 is 1.19 bits per heavy atom. The Hall–Kier alpha value is -3.13. The third-order valence-corrected chi connectivity index (χ3v) is 3.85. The van der Waals surface area contributed by atoms with Crippen LogP contribution in [-0.2, 0) is 16.1 Å². The van der Waals surface area contributed by atoms with Gasteiger partial charge in [-0.3, -0.25) is 0 Å². The summed E-state index contributed by atoms with van der Waals surface area (Å²) in [5.41, 5.74) is 3.57. The molecular formula is C21H20FNO3. The first-order chi connectivity index (χ1) is 12.4. The molecule has 0 saturated heterocycles. The second kappa shape index (κ2) is 8.82. The van der Waals surface area contributed by atoms with Gasteiger partial charge in [-0.2, -0.15) is 5.26 Å². The summed E-state index contributed by atoms with van der Waals surface area (Å²) in [7, 11) is 0. The van der Waals surface area contributed by atoms with Gasteiger partial charge in [0.15, 0.2) is 0 Å². The number of ether oxygens (including phenoxy) is 2. The third kappa shape index (κ3) is 4.93. The van der Waals surface area contributed by atoms with Crippen molar-refractivity contribution < 1.29 is 18.7 Å². The molecule has 0 atom stereocenters. The molecule has 0 saturated carbocycles. The Bertz CT molecular complexity index is 864.